The van der Waals surface area contributed by atoms with Crippen molar-refractivity contribution in [2.45, 2.75) is 6.42 Å². The SMILES string of the molecule is Cn1c(O)c(C=c2cc3c(c(F)c2Br)=NC=C3Cc2cnc(N)nc2)sc1=O. The fourth-order valence-corrected chi connectivity index (χ4v) is 4.08. The fraction of sp³-hybridized carbons (Fsp3) is 0.111. The molecule has 0 saturated carbocycles. The molecular weight excluding hydrogens is 449 g/mol. The Morgan fingerprint density at radius 2 is 2.11 bits per heavy atom. The quantitative estimate of drug-likeness (QED) is 0.614. The van der Waals surface area contributed by atoms with Crippen LogP contribution in [0.2, 0.25) is 0 Å². The summed E-state index contributed by atoms with van der Waals surface area (Å²) in [6.07, 6.45) is 6.86. The third-order valence-electron chi connectivity index (χ3n) is 4.32. The van der Waals surface area contributed by atoms with Gasteiger partial charge < -0.3 is 10.8 Å². The van der Waals surface area contributed by atoms with Crippen molar-refractivity contribution in [1.29, 1.82) is 0 Å². The topological polar surface area (TPSA) is 106 Å². The van der Waals surface area contributed by atoms with E-state index in [1.165, 1.54) is 7.05 Å². The molecule has 3 N–H and O–H groups in total. The number of hydrogen-bond acceptors (Lipinski definition) is 7. The second-order valence-electron chi connectivity index (χ2n) is 6.16. The number of allylic oxidation sites excluding steroid dienone is 1. The molecule has 2 aromatic heterocycles. The Balaban J connectivity index is 1.81. The summed E-state index contributed by atoms with van der Waals surface area (Å²) in [6.45, 7) is 0. The number of fused-ring (bicyclic) bond motifs is 1. The van der Waals surface area contributed by atoms with Crippen molar-refractivity contribution in [1.82, 2.24) is 14.5 Å². The maximum atomic E-state index is 14.9. The molecule has 3 aromatic rings. The van der Waals surface area contributed by atoms with Crippen molar-refractivity contribution < 1.29 is 9.50 Å². The van der Waals surface area contributed by atoms with E-state index in [2.05, 4.69) is 30.9 Å². The number of hydrogen-bond donors (Lipinski definition) is 2. The van der Waals surface area contributed by atoms with Crippen LogP contribution in [0.4, 0.5) is 10.3 Å². The number of rotatable bonds is 3. The molecule has 10 heteroatoms. The lowest BCUT2D eigenvalue weighted by molar-refractivity contribution is 0.428. The summed E-state index contributed by atoms with van der Waals surface area (Å²) in [5.41, 5.74) is 7.76. The minimum Gasteiger partial charge on any atom is -0.493 e. The molecule has 28 heavy (non-hydrogen) atoms. The molecule has 7 nitrogen and oxygen atoms in total. The van der Waals surface area contributed by atoms with Gasteiger partial charge in [-0.1, -0.05) is 11.3 Å². The van der Waals surface area contributed by atoms with Crippen LogP contribution in [0.5, 0.6) is 5.88 Å². The third kappa shape index (κ3) is 3.14. The first-order valence-electron chi connectivity index (χ1n) is 8.07. The number of nitrogens with two attached hydrogens (primary N) is 1. The van der Waals surface area contributed by atoms with Crippen LogP contribution >= 0.6 is 27.3 Å². The second kappa shape index (κ2) is 6.95. The molecule has 0 spiro atoms. The van der Waals surface area contributed by atoms with E-state index in [0.717, 1.165) is 27.0 Å². The van der Waals surface area contributed by atoms with Crippen molar-refractivity contribution in [3.63, 3.8) is 0 Å². The molecule has 0 fully saturated rings. The lowest BCUT2D eigenvalue weighted by Gasteiger charge is -2.06. The van der Waals surface area contributed by atoms with Crippen LogP contribution in [0.15, 0.2) is 38.9 Å². The average molecular weight is 462 g/mol. The van der Waals surface area contributed by atoms with Gasteiger partial charge in [-0.25, -0.2) is 14.4 Å². The van der Waals surface area contributed by atoms with Crippen LogP contribution in [0.3, 0.4) is 0 Å². The summed E-state index contributed by atoms with van der Waals surface area (Å²) in [4.78, 5) is 23.9. The van der Waals surface area contributed by atoms with Gasteiger partial charge in [-0.05, 0) is 44.4 Å². The Labute approximate surface area is 170 Å². The third-order valence-corrected chi connectivity index (χ3v) is 6.09. The Kier molecular flexibility index (Phi) is 4.60. The smallest absolute Gasteiger partial charge is 0.310 e. The highest BCUT2D eigenvalue weighted by Gasteiger charge is 2.18. The van der Waals surface area contributed by atoms with Gasteiger partial charge in [0.2, 0.25) is 11.8 Å². The zero-order chi connectivity index (χ0) is 20.0. The molecular formula is C18H13BrFN5O2S. The molecule has 0 unspecified atom stereocenters. The van der Waals surface area contributed by atoms with Crippen molar-refractivity contribution in [2.24, 2.45) is 12.0 Å². The average Bonchev–Trinajstić information content (AvgIpc) is 3.18. The largest absolute Gasteiger partial charge is 0.493 e. The van der Waals surface area contributed by atoms with E-state index < -0.39 is 5.82 Å². The van der Waals surface area contributed by atoms with Crippen LogP contribution in [-0.2, 0) is 13.5 Å². The van der Waals surface area contributed by atoms with E-state index in [-0.39, 0.29) is 26.5 Å². The highest BCUT2D eigenvalue weighted by atomic mass is 79.9. The Morgan fingerprint density at radius 1 is 1.39 bits per heavy atom. The van der Waals surface area contributed by atoms with Crippen LogP contribution < -0.4 is 21.2 Å². The first-order chi connectivity index (χ1) is 13.3. The van der Waals surface area contributed by atoms with Crippen LogP contribution in [0.25, 0.3) is 11.6 Å². The molecule has 0 radical (unpaired) electrons. The number of aromatic nitrogens is 3. The van der Waals surface area contributed by atoms with Crippen LogP contribution in [0, 0.1) is 5.82 Å². The van der Waals surface area contributed by atoms with Crippen LogP contribution in [0.1, 0.15) is 16.0 Å². The minimum atomic E-state index is -0.508. The van der Waals surface area contributed by atoms with Gasteiger partial charge in [-0.2, -0.15) is 0 Å². The number of thiazole rings is 1. The number of halogens is 2. The molecule has 1 aliphatic rings. The molecule has 0 bridgehead atoms. The lowest BCUT2D eigenvalue weighted by atomic mass is 10.0. The van der Waals surface area contributed by atoms with E-state index in [1.54, 1.807) is 30.7 Å². The Bertz CT molecular complexity index is 1310. The Hall–Kier alpha value is -2.85. The number of anilines is 1. The first kappa shape index (κ1) is 18.5. The van der Waals surface area contributed by atoms with E-state index in [1.807, 2.05) is 0 Å². The second-order valence-corrected chi connectivity index (χ2v) is 7.95. The molecule has 0 amide bonds. The van der Waals surface area contributed by atoms with Gasteiger partial charge in [-0.15, -0.1) is 0 Å². The van der Waals surface area contributed by atoms with E-state index in [4.69, 9.17) is 5.73 Å². The maximum Gasteiger partial charge on any atom is 0.310 e. The fourth-order valence-electron chi connectivity index (χ4n) is 2.84. The number of aromatic hydroxyl groups is 1. The molecule has 0 saturated heterocycles. The summed E-state index contributed by atoms with van der Waals surface area (Å²) < 4.78 is 16.2. The maximum absolute atomic E-state index is 14.9. The van der Waals surface area contributed by atoms with Crippen molar-refractivity contribution >= 4 is 44.9 Å². The number of nitrogens with zero attached hydrogens (tertiary/aromatic N) is 4. The Morgan fingerprint density at radius 3 is 2.75 bits per heavy atom. The first-order valence-corrected chi connectivity index (χ1v) is 9.68. The monoisotopic (exact) mass is 461 g/mol. The van der Waals surface area contributed by atoms with Gasteiger partial charge in [0.1, 0.15) is 5.36 Å². The normalized spacial score (nSPS) is 13.4. The van der Waals surface area contributed by atoms with Crippen molar-refractivity contribution in [2.75, 3.05) is 5.73 Å². The highest BCUT2D eigenvalue weighted by molar-refractivity contribution is 9.10. The molecule has 4 rings (SSSR count). The molecule has 142 valence electrons. The summed E-state index contributed by atoms with van der Waals surface area (Å²) in [5, 5.41) is 10.8. The predicted octanol–water partition coefficient (Wildman–Crippen LogP) is 1.47. The molecule has 0 aliphatic carbocycles. The highest BCUT2D eigenvalue weighted by Crippen LogP contribution is 2.23. The molecule has 1 aromatic carbocycles. The lowest BCUT2D eigenvalue weighted by Crippen LogP contribution is -2.20. The van der Waals surface area contributed by atoms with Gasteiger partial charge in [0.15, 0.2) is 5.82 Å². The predicted molar refractivity (Wildman–Crippen MR) is 108 cm³/mol. The number of nitrogen functional groups attached to an aromatic ring is 1. The zero-order valence-electron chi connectivity index (χ0n) is 14.5. The minimum absolute atomic E-state index is 0.165. The van der Waals surface area contributed by atoms with Gasteiger partial charge >= 0.3 is 4.87 Å². The van der Waals surface area contributed by atoms with E-state index in [9.17, 15) is 14.3 Å². The van der Waals surface area contributed by atoms with Gasteiger partial charge in [-0.3, -0.25) is 14.4 Å². The summed E-state index contributed by atoms with van der Waals surface area (Å²) >= 11 is 4.13. The van der Waals surface area contributed by atoms with Gasteiger partial charge in [0, 0.05) is 37.6 Å². The summed E-state index contributed by atoms with van der Waals surface area (Å²) in [5.74, 6) is -0.489. The number of benzene rings is 1. The van der Waals surface area contributed by atoms with Gasteiger partial charge in [0.05, 0.1) is 9.35 Å². The summed E-state index contributed by atoms with van der Waals surface area (Å²) in [7, 11) is 1.47. The molecule has 1 aliphatic heterocycles. The van der Waals surface area contributed by atoms with E-state index in [0.29, 0.717) is 22.1 Å². The molecule has 3 heterocycles. The van der Waals surface area contributed by atoms with Crippen LogP contribution in [-0.4, -0.2) is 19.6 Å². The summed E-state index contributed by atoms with van der Waals surface area (Å²) in [6, 6.07) is 1.77. The standard InChI is InChI=1S/C18H13BrFN5O2S/c1-25-16(26)12(28-18(25)27)4-9-3-11-10(2-8-5-23-17(21)24-6-8)7-22-15(11)14(20)13(9)19/h3-7,26H,2H2,1H3,(H2,21,23,24). The van der Waals surface area contributed by atoms with Crippen molar-refractivity contribution in [3.05, 3.63) is 71.2 Å². The van der Waals surface area contributed by atoms with E-state index >= 15 is 0 Å². The molecule has 0 atom stereocenters. The van der Waals surface area contributed by atoms with Gasteiger partial charge in [0.25, 0.3) is 0 Å². The zero-order valence-corrected chi connectivity index (χ0v) is 16.9. The van der Waals surface area contributed by atoms with Crippen molar-refractivity contribution in [3.8, 4) is 5.88 Å².